The van der Waals surface area contributed by atoms with Crippen LogP contribution in [0.3, 0.4) is 0 Å². The van der Waals surface area contributed by atoms with Crippen molar-refractivity contribution in [3.05, 3.63) is 57.5 Å². The van der Waals surface area contributed by atoms with E-state index in [2.05, 4.69) is 15.6 Å². The summed E-state index contributed by atoms with van der Waals surface area (Å²) in [6.45, 7) is 2.26. The predicted molar refractivity (Wildman–Crippen MR) is 85.4 cm³/mol. The highest BCUT2D eigenvalue weighted by Gasteiger charge is 2.10. The lowest BCUT2D eigenvalue weighted by molar-refractivity contribution is 0.0942. The second-order valence-electron chi connectivity index (χ2n) is 4.84. The number of nitrogens with zero attached hydrogens (tertiary/aromatic N) is 3. The van der Waals surface area contributed by atoms with E-state index < -0.39 is 0 Å². The summed E-state index contributed by atoms with van der Waals surface area (Å²) in [5, 5.41) is 12.6. The van der Waals surface area contributed by atoms with E-state index in [0.717, 1.165) is 10.6 Å². The number of nitrogens with one attached hydrogen (secondary N) is 1. The summed E-state index contributed by atoms with van der Waals surface area (Å²) in [5.41, 5.74) is 0.741. The van der Waals surface area contributed by atoms with Crippen molar-refractivity contribution in [2.75, 3.05) is 6.54 Å². The van der Waals surface area contributed by atoms with E-state index in [4.69, 9.17) is 4.52 Å². The Hall–Kier alpha value is -2.74. The summed E-state index contributed by atoms with van der Waals surface area (Å²) in [6, 6.07) is 8.59. The van der Waals surface area contributed by atoms with Gasteiger partial charge in [-0.1, -0.05) is 11.2 Å². The van der Waals surface area contributed by atoms with Gasteiger partial charge in [-0.25, -0.2) is 4.68 Å². The SMILES string of the molecule is Cc1cc(C(=O)NCCn2nc(-c3cccs3)ccc2=O)no1. The van der Waals surface area contributed by atoms with Gasteiger partial charge in [0.25, 0.3) is 11.5 Å². The van der Waals surface area contributed by atoms with Gasteiger partial charge in [0, 0.05) is 18.7 Å². The smallest absolute Gasteiger partial charge is 0.273 e. The van der Waals surface area contributed by atoms with Crippen molar-refractivity contribution in [3.8, 4) is 10.6 Å². The lowest BCUT2D eigenvalue weighted by Gasteiger charge is -2.06. The lowest BCUT2D eigenvalue weighted by Crippen LogP contribution is -2.32. The average Bonchev–Trinajstić information content (AvgIpc) is 3.20. The first-order chi connectivity index (χ1) is 11.1. The summed E-state index contributed by atoms with van der Waals surface area (Å²) >= 11 is 1.55. The van der Waals surface area contributed by atoms with E-state index in [1.54, 1.807) is 30.4 Å². The zero-order valence-electron chi connectivity index (χ0n) is 12.4. The molecular weight excluding hydrogens is 316 g/mol. The van der Waals surface area contributed by atoms with Crippen LogP contribution in [0.4, 0.5) is 0 Å². The number of carbonyl (C=O) groups excluding carboxylic acids is 1. The molecule has 0 saturated carbocycles. The number of aromatic nitrogens is 3. The molecule has 23 heavy (non-hydrogen) atoms. The van der Waals surface area contributed by atoms with Crippen molar-refractivity contribution in [3.63, 3.8) is 0 Å². The molecule has 1 N–H and O–H groups in total. The summed E-state index contributed by atoms with van der Waals surface area (Å²) in [7, 11) is 0. The Labute approximate surface area is 135 Å². The van der Waals surface area contributed by atoms with Crippen LogP contribution >= 0.6 is 11.3 Å². The van der Waals surface area contributed by atoms with Gasteiger partial charge in [-0.2, -0.15) is 5.10 Å². The molecule has 0 bridgehead atoms. The number of rotatable bonds is 5. The number of hydrogen-bond donors (Lipinski definition) is 1. The maximum atomic E-state index is 11.9. The van der Waals surface area contributed by atoms with E-state index in [9.17, 15) is 9.59 Å². The van der Waals surface area contributed by atoms with E-state index in [1.807, 2.05) is 17.5 Å². The van der Waals surface area contributed by atoms with Crippen molar-refractivity contribution in [1.29, 1.82) is 0 Å². The van der Waals surface area contributed by atoms with Crippen LogP contribution in [0.15, 0.2) is 45.0 Å². The fraction of sp³-hybridized carbons (Fsp3) is 0.200. The molecule has 0 atom stereocenters. The Morgan fingerprint density at radius 3 is 2.96 bits per heavy atom. The molecule has 3 aromatic heterocycles. The molecular formula is C15H14N4O3S. The number of aryl methyl sites for hydroxylation is 1. The molecule has 0 aliphatic rings. The van der Waals surface area contributed by atoms with Crippen LogP contribution in [0.1, 0.15) is 16.2 Å². The van der Waals surface area contributed by atoms with E-state index in [1.165, 1.54) is 10.7 Å². The summed E-state index contributed by atoms with van der Waals surface area (Å²) in [4.78, 5) is 24.7. The Morgan fingerprint density at radius 1 is 1.39 bits per heavy atom. The monoisotopic (exact) mass is 330 g/mol. The maximum absolute atomic E-state index is 11.9. The van der Waals surface area contributed by atoms with E-state index in [0.29, 0.717) is 5.76 Å². The van der Waals surface area contributed by atoms with Crippen molar-refractivity contribution < 1.29 is 9.32 Å². The zero-order chi connectivity index (χ0) is 16.2. The van der Waals surface area contributed by atoms with Crippen LogP contribution in [0, 0.1) is 6.92 Å². The average molecular weight is 330 g/mol. The molecule has 8 heteroatoms. The zero-order valence-corrected chi connectivity index (χ0v) is 13.2. The second-order valence-corrected chi connectivity index (χ2v) is 5.78. The molecule has 0 aliphatic heterocycles. The van der Waals surface area contributed by atoms with Gasteiger partial charge in [-0.3, -0.25) is 9.59 Å². The van der Waals surface area contributed by atoms with Crippen molar-refractivity contribution in [1.82, 2.24) is 20.3 Å². The van der Waals surface area contributed by atoms with Gasteiger partial charge in [-0.15, -0.1) is 11.3 Å². The highest BCUT2D eigenvalue weighted by Crippen LogP contribution is 2.20. The first-order valence-electron chi connectivity index (χ1n) is 6.97. The summed E-state index contributed by atoms with van der Waals surface area (Å²) in [5.74, 6) is 0.223. The largest absolute Gasteiger partial charge is 0.361 e. The molecule has 0 unspecified atom stereocenters. The van der Waals surface area contributed by atoms with Crippen molar-refractivity contribution in [2.45, 2.75) is 13.5 Å². The van der Waals surface area contributed by atoms with Gasteiger partial charge in [0.1, 0.15) is 11.5 Å². The third-order valence-corrected chi connectivity index (χ3v) is 4.00. The predicted octanol–water partition coefficient (Wildman–Crippen LogP) is 1.70. The molecule has 3 rings (SSSR count). The number of amides is 1. The van der Waals surface area contributed by atoms with Crippen LogP contribution in [-0.2, 0) is 6.54 Å². The van der Waals surface area contributed by atoms with Gasteiger partial charge in [0.2, 0.25) is 0 Å². The molecule has 0 aromatic carbocycles. The van der Waals surface area contributed by atoms with Crippen LogP contribution < -0.4 is 10.9 Å². The fourth-order valence-corrected chi connectivity index (χ4v) is 2.69. The number of hydrogen-bond acceptors (Lipinski definition) is 6. The molecule has 0 aliphatic carbocycles. The second kappa shape index (κ2) is 6.57. The Kier molecular flexibility index (Phi) is 4.33. The van der Waals surface area contributed by atoms with E-state index in [-0.39, 0.29) is 30.2 Å². The first-order valence-corrected chi connectivity index (χ1v) is 7.85. The van der Waals surface area contributed by atoms with Gasteiger partial charge in [-0.05, 0) is 24.4 Å². The minimum Gasteiger partial charge on any atom is -0.361 e. The highest BCUT2D eigenvalue weighted by atomic mass is 32.1. The molecule has 0 saturated heterocycles. The van der Waals surface area contributed by atoms with Crippen LogP contribution in [0.5, 0.6) is 0 Å². The van der Waals surface area contributed by atoms with Gasteiger partial charge in [0.05, 0.1) is 11.4 Å². The third-order valence-electron chi connectivity index (χ3n) is 3.11. The first kappa shape index (κ1) is 15.2. The minimum atomic E-state index is -0.343. The molecule has 3 aromatic rings. The summed E-state index contributed by atoms with van der Waals surface area (Å²) in [6.07, 6.45) is 0. The quantitative estimate of drug-likeness (QED) is 0.769. The lowest BCUT2D eigenvalue weighted by atomic mass is 10.3. The molecule has 7 nitrogen and oxygen atoms in total. The van der Waals surface area contributed by atoms with Crippen LogP contribution in [0.2, 0.25) is 0 Å². The van der Waals surface area contributed by atoms with Crippen LogP contribution in [-0.4, -0.2) is 27.4 Å². The topological polar surface area (TPSA) is 90.0 Å². The standard InChI is InChI=1S/C15H14N4O3S/c1-10-9-12(18-22-10)15(21)16-6-7-19-14(20)5-4-11(17-19)13-3-2-8-23-13/h2-5,8-9H,6-7H2,1H3,(H,16,21). The van der Waals surface area contributed by atoms with Crippen molar-refractivity contribution in [2.24, 2.45) is 0 Å². The normalized spacial score (nSPS) is 10.7. The minimum absolute atomic E-state index is 0.211. The molecule has 1 amide bonds. The third kappa shape index (κ3) is 3.54. The van der Waals surface area contributed by atoms with Crippen molar-refractivity contribution >= 4 is 17.2 Å². The molecule has 3 heterocycles. The Bertz CT molecular complexity index is 867. The maximum Gasteiger partial charge on any atom is 0.273 e. The van der Waals surface area contributed by atoms with Crippen LogP contribution in [0.25, 0.3) is 10.6 Å². The number of thiophene rings is 1. The fourth-order valence-electron chi connectivity index (χ4n) is 2.00. The molecule has 0 fully saturated rings. The number of carbonyl (C=O) groups is 1. The highest BCUT2D eigenvalue weighted by molar-refractivity contribution is 7.13. The van der Waals surface area contributed by atoms with Gasteiger partial charge < -0.3 is 9.84 Å². The van der Waals surface area contributed by atoms with E-state index >= 15 is 0 Å². The Balaban J connectivity index is 1.65. The van der Waals surface area contributed by atoms with Gasteiger partial charge in [0.15, 0.2) is 5.69 Å². The summed E-state index contributed by atoms with van der Waals surface area (Å²) < 4.78 is 6.19. The Morgan fingerprint density at radius 2 is 2.26 bits per heavy atom. The molecule has 118 valence electrons. The molecule has 0 radical (unpaired) electrons. The molecule has 0 spiro atoms. The van der Waals surface area contributed by atoms with Gasteiger partial charge >= 0.3 is 0 Å².